The zero-order chi connectivity index (χ0) is 13.1. The first kappa shape index (κ1) is 12.5. The van der Waals surface area contributed by atoms with Gasteiger partial charge < -0.3 is 0 Å². The van der Waals surface area contributed by atoms with Crippen LogP contribution in [0.25, 0.3) is 6.08 Å². The first-order valence-corrected chi connectivity index (χ1v) is 5.61. The number of hydrogen-bond acceptors (Lipinski definition) is 2. The van der Waals surface area contributed by atoms with Gasteiger partial charge in [0.1, 0.15) is 5.82 Å². The molecule has 0 aliphatic rings. The van der Waals surface area contributed by atoms with Gasteiger partial charge in [-0.3, -0.25) is 9.48 Å². The zero-order valence-corrected chi connectivity index (χ0v) is 10.4. The lowest BCUT2D eigenvalue weighted by Crippen LogP contribution is -1.96. The van der Waals surface area contributed by atoms with Crippen LogP contribution in [0.3, 0.4) is 0 Å². The second-order valence-corrected chi connectivity index (χ2v) is 4.11. The lowest BCUT2D eigenvalue weighted by atomic mass is 10.1. The van der Waals surface area contributed by atoms with E-state index in [1.54, 1.807) is 17.8 Å². The van der Waals surface area contributed by atoms with Crippen molar-refractivity contribution in [1.82, 2.24) is 9.78 Å². The number of halogens is 2. The largest absolute Gasteiger partial charge is 0.289 e. The standard InChI is InChI=1S/C13H10ClFN2O/c1-17-12(11(14)8-16-17)6-7-13(18)9-2-4-10(15)5-3-9/h2-8H,1H3/b7-6+. The normalized spacial score (nSPS) is 11.1. The summed E-state index contributed by atoms with van der Waals surface area (Å²) in [6.45, 7) is 0. The van der Waals surface area contributed by atoms with E-state index in [0.29, 0.717) is 16.3 Å². The first-order valence-electron chi connectivity index (χ1n) is 5.23. The SMILES string of the molecule is Cn1ncc(Cl)c1/C=C/C(=O)c1ccc(F)cc1. The Bertz CT molecular complexity index is 582. The molecular formula is C13H10ClFN2O. The molecule has 2 rings (SSSR count). The molecule has 5 heteroatoms. The molecule has 0 N–H and O–H groups in total. The number of aromatic nitrogens is 2. The van der Waals surface area contributed by atoms with E-state index in [9.17, 15) is 9.18 Å². The molecule has 18 heavy (non-hydrogen) atoms. The highest BCUT2D eigenvalue weighted by Gasteiger charge is 2.05. The predicted molar refractivity (Wildman–Crippen MR) is 68.0 cm³/mol. The van der Waals surface area contributed by atoms with Crippen LogP contribution in [-0.2, 0) is 7.05 Å². The van der Waals surface area contributed by atoms with Crippen molar-refractivity contribution in [2.45, 2.75) is 0 Å². The third-order valence-electron chi connectivity index (χ3n) is 2.46. The first-order chi connectivity index (χ1) is 8.58. The fourth-order valence-electron chi connectivity index (χ4n) is 1.47. The number of benzene rings is 1. The monoisotopic (exact) mass is 264 g/mol. The third kappa shape index (κ3) is 2.65. The molecule has 0 amide bonds. The Morgan fingerprint density at radius 1 is 1.39 bits per heavy atom. The van der Waals surface area contributed by atoms with Crippen LogP contribution in [0.4, 0.5) is 4.39 Å². The number of hydrogen-bond donors (Lipinski definition) is 0. The third-order valence-corrected chi connectivity index (χ3v) is 2.75. The Labute approximate surface area is 108 Å². The van der Waals surface area contributed by atoms with Crippen LogP contribution in [0.15, 0.2) is 36.5 Å². The van der Waals surface area contributed by atoms with Gasteiger partial charge in [-0.25, -0.2) is 4.39 Å². The fraction of sp³-hybridized carbons (Fsp3) is 0.0769. The summed E-state index contributed by atoms with van der Waals surface area (Å²) in [6, 6.07) is 5.37. The van der Waals surface area contributed by atoms with Crippen LogP contribution in [0.5, 0.6) is 0 Å². The quantitative estimate of drug-likeness (QED) is 0.631. The van der Waals surface area contributed by atoms with E-state index in [4.69, 9.17) is 11.6 Å². The van der Waals surface area contributed by atoms with Crippen LogP contribution in [-0.4, -0.2) is 15.6 Å². The highest BCUT2D eigenvalue weighted by molar-refractivity contribution is 6.31. The van der Waals surface area contributed by atoms with E-state index in [-0.39, 0.29) is 11.6 Å². The van der Waals surface area contributed by atoms with Crippen molar-refractivity contribution in [3.8, 4) is 0 Å². The zero-order valence-electron chi connectivity index (χ0n) is 9.60. The van der Waals surface area contributed by atoms with Crippen molar-refractivity contribution in [2.24, 2.45) is 7.05 Å². The number of carbonyl (C=O) groups excluding carboxylic acids is 1. The van der Waals surface area contributed by atoms with E-state index in [2.05, 4.69) is 5.10 Å². The molecule has 1 aromatic heterocycles. The van der Waals surface area contributed by atoms with Gasteiger partial charge in [0.25, 0.3) is 0 Å². The van der Waals surface area contributed by atoms with Gasteiger partial charge in [-0.05, 0) is 36.4 Å². The summed E-state index contributed by atoms with van der Waals surface area (Å²) < 4.78 is 14.3. The second-order valence-electron chi connectivity index (χ2n) is 3.71. The van der Waals surface area contributed by atoms with Gasteiger partial charge in [0.15, 0.2) is 5.78 Å². The predicted octanol–water partition coefficient (Wildman–Crippen LogP) is 3.11. The molecule has 1 heterocycles. The van der Waals surface area contributed by atoms with Crippen LogP contribution < -0.4 is 0 Å². The summed E-state index contributed by atoms with van der Waals surface area (Å²) in [4.78, 5) is 11.8. The Kier molecular flexibility index (Phi) is 3.58. The average molecular weight is 265 g/mol. The molecular weight excluding hydrogens is 255 g/mol. The molecule has 0 fully saturated rings. The Balaban J connectivity index is 2.19. The minimum Gasteiger partial charge on any atom is -0.289 e. The summed E-state index contributed by atoms with van der Waals surface area (Å²) in [5.41, 5.74) is 1.07. The Morgan fingerprint density at radius 2 is 2.06 bits per heavy atom. The number of nitrogens with zero attached hydrogens (tertiary/aromatic N) is 2. The molecule has 3 nitrogen and oxygen atoms in total. The van der Waals surface area contributed by atoms with E-state index < -0.39 is 0 Å². The van der Waals surface area contributed by atoms with E-state index in [1.807, 2.05) is 0 Å². The molecule has 0 bridgehead atoms. The van der Waals surface area contributed by atoms with Crippen LogP contribution in [0.1, 0.15) is 16.1 Å². The van der Waals surface area contributed by atoms with Crippen molar-refractivity contribution < 1.29 is 9.18 Å². The maximum Gasteiger partial charge on any atom is 0.185 e. The second kappa shape index (κ2) is 5.14. The summed E-state index contributed by atoms with van der Waals surface area (Å²) in [6.07, 6.45) is 4.47. The molecule has 0 atom stereocenters. The fourth-order valence-corrected chi connectivity index (χ4v) is 1.70. The number of carbonyl (C=O) groups is 1. The number of allylic oxidation sites excluding steroid dienone is 1. The molecule has 0 saturated heterocycles. The van der Waals surface area contributed by atoms with Crippen LogP contribution >= 0.6 is 11.6 Å². The average Bonchev–Trinajstić information content (AvgIpc) is 2.67. The molecule has 0 radical (unpaired) electrons. The minimum absolute atomic E-state index is 0.215. The summed E-state index contributed by atoms with van der Waals surface area (Å²) >= 11 is 5.90. The smallest absolute Gasteiger partial charge is 0.185 e. The Morgan fingerprint density at radius 3 is 2.61 bits per heavy atom. The topological polar surface area (TPSA) is 34.9 Å². The lowest BCUT2D eigenvalue weighted by molar-refractivity contribution is 0.104. The molecule has 0 aliphatic carbocycles. The molecule has 92 valence electrons. The van der Waals surface area contributed by atoms with Crippen molar-refractivity contribution in [3.63, 3.8) is 0 Å². The van der Waals surface area contributed by atoms with Crippen molar-refractivity contribution in [3.05, 3.63) is 58.6 Å². The van der Waals surface area contributed by atoms with E-state index in [1.165, 1.54) is 36.5 Å². The van der Waals surface area contributed by atoms with Gasteiger partial charge in [0.05, 0.1) is 16.9 Å². The van der Waals surface area contributed by atoms with Gasteiger partial charge in [-0.2, -0.15) is 5.10 Å². The highest BCUT2D eigenvalue weighted by atomic mass is 35.5. The highest BCUT2D eigenvalue weighted by Crippen LogP contribution is 2.16. The summed E-state index contributed by atoms with van der Waals surface area (Å²) in [5.74, 6) is -0.586. The van der Waals surface area contributed by atoms with Crippen molar-refractivity contribution in [2.75, 3.05) is 0 Å². The number of ketones is 1. The van der Waals surface area contributed by atoms with Gasteiger partial charge >= 0.3 is 0 Å². The Hall–Kier alpha value is -1.94. The molecule has 0 unspecified atom stereocenters. The maximum atomic E-state index is 12.7. The molecule has 1 aromatic carbocycles. The molecule has 0 saturated carbocycles. The van der Waals surface area contributed by atoms with Gasteiger partial charge in [0.2, 0.25) is 0 Å². The molecule has 2 aromatic rings. The summed E-state index contributed by atoms with van der Waals surface area (Å²) in [5, 5.41) is 4.42. The van der Waals surface area contributed by atoms with Crippen molar-refractivity contribution in [1.29, 1.82) is 0 Å². The van der Waals surface area contributed by atoms with E-state index >= 15 is 0 Å². The van der Waals surface area contributed by atoms with Gasteiger partial charge in [0, 0.05) is 12.6 Å². The van der Waals surface area contributed by atoms with Gasteiger partial charge in [-0.1, -0.05) is 11.6 Å². The number of aryl methyl sites for hydroxylation is 1. The minimum atomic E-state index is -0.370. The van der Waals surface area contributed by atoms with Crippen LogP contribution in [0.2, 0.25) is 5.02 Å². The van der Waals surface area contributed by atoms with Crippen LogP contribution in [0, 0.1) is 5.82 Å². The molecule has 0 spiro atoms. The maximum absolute atomic E-state index is 12.7. The number of rotatable bonds is 3. The van der Waals surface area contributed by atoms with E-state index in [0.717, 1.165) is 0 Å². The van der Waals surface area contributed by atoms with Crippen molar-refractivity contribution >= 4 is 23.5 Å². The molecule has 0 aliphatic heterocycles. The van der Waals surface area contributed by atoms with Gasteiger partial charge in [-0.15, -0.1) is 0 Å². The lowest BCUT2D eigenvalue weighted by Gasteiger charge is -1.97. The summed E-state index contributed by atoms with van der Waals surface area (Å²) in [7, 11) is 1.73.